The molecule has 1 aromatic carbocycles. The number of nitrogens with one attached hydrogen (secondary N) is 2. The second-order valence-corrected chi connectivity index (χ2v) is 3.78. The van der Waals surface area contributed by atoms with E-state index in [0.29, 0.717) is 18.8 Å². The van der Waals surface area contributed by atoms with Crippen LogP contribution in [-0.2, 0) is 6.54 Å². The standard InChI is InChI=1S/C12H15N5O/c13-10-8-15-17(9-10)7-6-14-12(18)16-11-4-2-1-3-5-11/h1-5,8-9H,6-7,13H2,(H2,14,16,18). The molecule has 0 atom stereocenters. The molecular weight excluding hydrogens is 230 g/mol. The predicted octanol–water partition coefficient (Wildman–Crippen LogP) is 1.29. The maximum Gasteiger partial charge on any atom is 0.319 e. The summed E-state index contributed by atoms with van der Waals surface area (Å²) in [5, 5.41) is 9.48. The maximum absolute atomic E-state index is 11.5. The molecule has 2 amide bonds. The van der Waals surface area contributed by atoms with Crippen LogP contribution in [0.4, 0.5) is 16.2 Å². The van der Waals surface area contributed by atoms with Gasteiger partial charge < -0.3 is 16.4 Å². The Morgan fingerprint density at radius 1 is 1.33 bits per heavy atom. The van der Waals surface area contributed by atoms with Gasteiger partial charge in [0.15, 0.2) is 0 Å². The van der Waals surface area contributed by atoms with Crippen molar-refractivity contribution in [1.82, 2.24) is 15.1 Å². The molecule has 0 fully saturated rings. The zero-order valence-electron chi connectivity index (χ0n) is 9.84. The number of carbonyl (C=O) groups excluding carboxylic acids is 1. The fourth-order valence-corrected chi connectivity index (χ4v) is 1.48. The van der Waals surface area contributed by atoms with E-state index in [2.05, 4.69) is 15.7 Å². The lowest BCUT2D eigenvalue weighted by molar-refractivity contribution is 0.251. The van der Waals surface area contributed by atoms with Crippen LogP contribution in [0.2, 0.25) is 0 Å². The average Bonchev–Trinajstić information content (AvgIpc) is 2.76. The number of nitrogens with zero attached hydrogens (tertiary/aromatic N) is 2. The summed E-state index contributed by atoms with van der Waals surface area (Å²) >= 11 is 0. The van der Waals surface area contributed by atoms with E-state index in [0.717, 1.165) is 5.69 Å². The minimum atomic E-state index is -0.235. The Morgan fingerprint density at radius 2 is 2.11 bits per heavy atom. The van der Waals surface area contributed by atoms with E-state index in [1.54, 1.807) is 17.1 Å². The van der Waals surface area contributed by atoms with Crippen molar-refractivity contribution in [1.29, 1.82) is 0 Å². The minimum absolute atomic E-state index is 0.235. The summed E-state index contributed by atoms with van der Waals surface area (Å²) < 4.78 is 1.68. The van der Waals surface area contributed by atoms with Crippen molar-refractivity contribution < 1.29 is 4.79 Å². The molecule has 2 rings (SSSR count). The second-order valence-electron chi connectivity index (χ2n) is 3.78. The van der Waals surface area contributed by atoms with Crippen molar-refractivity contribution in [2.24, 2.45) is 0 Å². The van der Waals surface area contributed by atoms with Crippen molar-refractivity contribution in [2.45, 2.75) is 6.54 Å². The lowest BCUT2D eigenvalue weighted by Gasteiger charge is -2.07. The van der Waals surface area contributed by atoms with E-state index in [4.69, 9.17) is 5.73 Å². The Bertz CT molecular complexity index is 508. The van der Waals surface area contributed by atoms with Crippen molar-refractivity contribution in [2.75, 3.05) is 17.6 Å². The van der Waals surface area contributed by atoms with E-state index in [9.17, 15) is 4.79 Å². The molecule has 0 saturated carbocycles. The van der Waals surface area contributed by atoms with E-state index in [1.165, 1.54) is 0 Å². The highest BCUT2D eigenvalue weighted by molar-refractivity contribution is 5.89. The maximum atomic E-state index is 11.5. The smallest absolute Gasteiger partial charge is 0.319 e. The van der Waals surface area contributed by atoms with Crippen LogP contribution in [0.1, 0.15) is 0 Å². The first kappa shape index (κ1) is 12.0. The lowest BCUT2D eigenvalue weighted by atomic mass is 10.3. The first-order valence-electron chi connectivity index (χ1n) is 5.62. The number of benzene rings is 1. The van der Waals surface area contributed by atoms with Gasteiger partial charge in [0, 0.05) is 18.4 Å². The predicted molar refractivity (Wildman–Crippen MR) is 70.1 cm³/mol. The number of hydrogen-bond acceptors (Lipinski definition) is 3. The van der Waals surface area contributed by atoms with E-state index in [-0.39, 0.29) is 6.03 Å². The zero-order chi connectivity index (χ0) is 12.8. The molecule has 0 radical (unpaired) electrons. The first-order chi connectivity index (χ1) is 8.74. The summed E-state index contributed by atoms with van der Waals surface area (Å²) in [5.74, 6) is 0. The molecule has 0 aliphatic carbocycles. The third-order valence-corrected chi connectivity index (χ3v) is 2.31. The topological polar surface area (TPSA) is 85.0 Å². The van der Waals surface area contributed by atoms with Gasteiger partial charge in [-0.05, 0) is 12.1 Å². The number of amides is 2. The lowest BCUT2D eigenvalue weighted by Crippen LogP contribution is -2.31. The number of urea groups is 1. The average molecular weight is 245 g/mol. The molecule has 0 saturated heterocycles. The number of nitrogen functional groups attached to an aromatic ring is 1. The number of nitrogens with two attached hydrogens (primary N) is 1. The Balaban J connectivity index is 1.72. The quantitative estimate of drug-likeness (QED) is 0.758. The van der Waals surface area contributed by atoms with Gasteiger partial charge >= 0.3 is 6.03 Å². The molecule has 0 spiro atoms. The van der Waals surface area contributed by atoms with Gasteiger partial charge in [0.25, 0.3) is 0 Å². The van der Waals surface area contributed by atoms with Crippen LogP contribution in [0, 0.1) is 0 Å². The summed E-state index contributed by atoms with van der Waals surface area (Å²) in [4.78, 5) is 11.5. The highest BCUT2D eigenvalue weighted by atomic mass is 16.2. The van der Waals surface area contributed by atoms with E-state index in [1.807, 2.05) is 30.3 Å². The van der Waals surface area contributed by atoms with Crippen molar-refractivity contribution in [3.8, 4) is 0 Å². The van der Waals surface area contributed by atoms with Crippen LogP contribution in [0.25, 0.3) is 0 Å². The molecule has 0 aliphatic rings. The number of carbonyl (C=O) groups is 1. The number of hydrogen-bond donors (Lipinski definition) is 3. The number of anilines is 2. The Hall–Kier alpha value is -2.50. The van der Waals surface area contributed by atoms with Gasteiger partial charge in [-0.25, -0.2) is 4.79 Å². The van der Waals surface area contributed by atoms with Gasteiger partial charge in [-0.15, -0.1) is 0 Å². The molecule has 6 nitrogen and oxygen atoms in total. The molecule has 4 N–H and O–H groups in total. The van der Waals surface area contributed by atoms with Crippen LogP contribution >= 0.6 is 0 Å². The SMILES string of the molecule is Nc1cnn(CCNC(=O)Nc2ccccc2)c1. The van der Waals surface area contributed by atoms with Gasteiger partial charge in [-0.1, -0.05) is 18.2 Å². The molecule has 0 aliphatic heterocycles. The summed E-state index contributed by atoms with van der Waals surface area (Å²) in [7, 11) is 0. The van der Waals surface area contributed by atoms with Gasteiger partial charge in [0.1, 0.15) is 0 Å². The fraction of sp³-hybridized carbons (Fsp3) is 0.167. The van der Waals surface area contributed by atoms with Gasteiger partial charge in [-0.2, -0.15) is 5.10 Å². The summed E-state index contributed by atoms with van der Waals surface area (Å²) in [5.41, 5.74) is 6.91. The normalized spacial score (nSPS) is 10.0. The molecule has 1 aromatic heterocycles. The molecule has 18 heavy (non-hydrogen) atoms. The number of aromatic nitrogens is 2. The summed E-state index contributed by atoms with van der Waals surface area (Å²) in [6.07, 6.45) is 3.29. The molecule has 1 heterocycles. The second kappa shape index (κ2) is 5.72. The third-order valence-electron chi connectivity index (χ3n) is 2.31. The van der Waals surface area contributed by atoms with Crippen LogP contribution in [-0.4, -0.2) is 22.4 Å². The monoisotopic (exact) mass is 245 g/mol. The highest BCUT2D eigenvalue weighted by Gasteiger charge is 2.00. The highest BCUT2D eigenvalue weighted by Crippen LogP contribution is 2.04. The van der Waals surface area contributed by atoms with Crippen LogP contribution in [0.5, 0.6) is 0 Å². The third kappa shape index (κ3) is 3.51. The van der Waals surface area contributed by atoms with Gasteiger partial charge in [0.2, 0.25) is 0 Å². The summed E-state index contributed by atoms with van der Waals surface area (Å²) in [6.45, 7) is 1.07. The first-order valence-corrected chi connectivity index (χ1v) is 5.62. The van der Waals surface area contributed by atoms with Crippen molar-refractivity contribution in [3.05, 3.63) is 42.7 Å². The van der Waals surface area contributed by atoms with Gasteiger partial charge in [-0.3, -0.25) is 4.68 Å². The molecule has 0 unspecified atom stereocenters. The van der Waals surface area contributed by atoms with Crippen LogP contribution < -0.4 is 16.4 Å². The summed E-state index contributed by atoms with van der Waals surface area (Å²) in [6, 6.07) is 9.04. The molecular formula is C12H15N5O. The Labute approximate surface area is 105 Å². The molecule has 2 aromatic rings. The van der Waals surface area contributed by atoms with Crippen molar-refractivity contribution >= 4 is 17.4 Å². The zero-order valence-corrected chi connectivity index (χ0v) is 9.84. The molecule has 0 bridgehead atoms. The minimum Gasteiger partial charge on any atom is -0.396 e. The Kier molecular flexibility index (Phi) is 3.80. The van der Waals surface area contributed by atoms with Crippen molar-refractivity contribution in [3.63, 3.8) is 0 Å². The molecule has 6 heteroatoms. The van der Waals surface area contributed by atoms with Crippen LogP contribution in [0.3, 0.4) is 0 Å². The van der Waals surface area contributed by atoms with E-state index >= 15 is 0 Å². The van der Waals surface area contributed by atoms with Crippen LogP contribution in [0.15, 0.2) is 42.7 Å². The number of para-hydroxylation sites is 1. The molecule has 94 valence electrons. The van der Waals surface area contributed by atoms with E-state index < -0.39 is 0 Å². The Morgan fingerprint density at radius 3 is 2.78 bits per heavy atom. The fourth-order valence-electron chi connectivity index (χ4n) is 1.48. The van der Waals surface area contributed by atoms with Gasteiger partial charge in [0.05, 0.1) is 18.4 Å². The largest absolute Gasteiger partial charge is 0.396 e. The number of rotatable bonds is 4.